The highest BCUT2D eigenvalue weighted by Gasteiger charge is 2.70. The van der Waals surface area contributed by atoms with Crippen molar-refractivity contribution in [2.45, 2.75) is 25.2 Å². The van der Waals surface area contributed by atoms with Gasteiger partial charge in [0.1, 0.15) is 11.3 Å². The molecule has 2 unspecified atom stereocenters. The zero-order valence-corrected chi connectivity index (χ0v) is 18.6. The standard InChI is InChI=1S/C24H21F3N4O3/c1-14-13-23(14)21(32)30(15-4-7-17(8-5-15)34-24(25,26)27)22(33)31(23)20-10-11-28-19-9-6-16(29(2)3)12-18(19)20/h4-12,14H,13H2,1-3H3. The Balaban J connectivity index is 1.58. The number of anilines is 3. The molecule has 1 aliphatic carbocycles. The Hall–Kier alpha value is -3.82. The van der Waals surface area contributed by atoms with Gasteiger partial charge in [-0.25, -0.2) is 9.69 Å². The number of aromatic nitrogens is 1. The van der Waals surface area contributed by atoms with Crippen LogP contribution in [0.5, 0.6) is 5.75 Å². The molecule has 2 aromatic carbocycles. The lowest BCUT2D eigenvalue weighted by molar-refractivity contribution is -0.274. The van der Waals surface area contributed by atoms with Crippen LogP contribution in [-0.2, 0) is 4.79 Å². The smallest absolute Gasteiger partial charge is 0.406 e. The normalized spacial score (nSPS) is 22.1. The van der Waals surface area contributed by atoms with Crippen LogP contribution >= 0.6 is 0 Å². The summed E-state index contributed by atoms with van der Waals surface area (Å²) in [6.07, 6.45) is -2.75. The summed E-state index contributed by atoms with van der Waals surface area (Å²) >= 11 is 0. The molecule has 10 heteroatoms. The van der Waals surface area contributed by atoms with E-state index in [1.54, 1.807) is 12.3 Å². The first-order valence-corrected chi connectivity index (χ1v) is 10.6. The Morgan fingerprint density at radius 2 is 1.76 bits per heavy atom. The minimum Gasteiger partial charge on any atom is -0.406 e. The first kappa shape index (κ1) is 22.0. The molecular formula is C24H21F3N4O3. The third kappa shape index (κ3) is 3.32. The van der Waals surface area contributed by atoms with Crippen LogP contribution in [-0.4, -0.2) is 42.9 Å². The molecule has 1 aromatic heterocycles. The van der Waals surface area contributed by atoms with E-state index in [1.807, 2.05) is 44.1 Å². The topological polar surface area (TPSA) is 66.0 Å². The summed E-state index contributed by atoms with van der Waals surface area (Å²) in [7, 11) is 3.81. The van der Waals surface area contributed by atoms with Gasteiger partial charge in [0.2, 0.25) is 0 Å². The average molecular weight is 470 g/mol. The molecule has 1 saturated heterocycles. The van der Waals surface area contributed by atoms with E-state index in [0.29, 0.717) is 17.6 Å². The van der Waals surface area contributed by atoms with Crippen LogP contribution in [0.3, 0.4) is 0 Å². The molecule has 1 spiro atoms. The summed E-state index contributed by atoms with van der Waals surface area (Å²) in [6, 6.07) is 11.6. The molecule has 2 heterocycles. The number of imide groups is 1. The number of hydrogen-bond donors (Lipinski definition) is 0. The SMILES string of the molecule is CC1CC12C(=O)N(c1ccc(OC(F)(F)F)cc1)C(=O)N2c1ccnc2ccc(N(C)C)cc12. The van der Waals surface area contributed by atoms with Crippen LogP contribution in [0.1, 0.15) is 13.3 Å². The Morgan fingerprint density at radius 1 is 1.09 bits per heavy atom. The number of alkyl halides is 3. The largest absolute Gasteiger partial charge is 0.573 e. The summed E-state index contributed by atoms with van der Waals surface area (Å²) in [5.41, 5.74) is 1.29. The lowest BCUT2D eigenvalue weighted by Gasteiger charge is -2.24. The van der Waals surface area contributed by atoms with Gasteiger partial charge in [-0.05, 0) is 60.9 Å². The summed E-state index contributed by atoms with van der Waals surface area (Å²) in [6.45, 7) is 1.90. The van der Waals surface area contributed by atoms with Crippen molar-refractivity contribution in [3.63, 3.8) is 0 Å². The molecule has 0 bridgehead atoms. The molecule has 3 amide bonds. The summed E-state index contributed by atoms with van der Waals surface area (Å²) in [4.78, 5) is 36.1. The molecule has 0 N–H and O–H groups in total. The molecule has 176 valence electrons. The molecule has 1 aliphatic heterocycles. The van der Waals surface area contributed by atoms with Crippen molar-refractivity contribution in [3.8, 4) is 5.75 Å². The zero-order valence-electron chi connectivity index (χ0n) is 18.6. The van der Waals surface area contributed by atoms with Crippen molar-refractivity contribution >= 4 is 39.9 Å². The van der Waals surface area contributed by atoms with Gasteiger partial charge in [-0.2, -0.15) is 0 Å². The average Bonchev–Trinajstić information content (AvgIpc) is 3.39. The number of nitrogens with zero attached hydrogens (tertiary/aromatic N) is 4. The van der Waals surface area contributed by atoms with E-state index < -0.39 is 29.6 Å². The molecule has 2 aliphatic rings. The molecule has 2 atom stereocenters. The lowest BCUT2D eigenvalue weighted by atomic mass is 10.1. The predicted molar refractivity (Wildman–Crippen MR) is 121 cm³/mol. The molecule has 3 aromatic rings. The van der Waals surface area contributed by atoms with Crippen molar-refractivity contribution in [3.05, 3.63) is 54.7 Å². The second kappa shape index (κ2) is 7.34. The predicted octanol–water partition coefficient (Wildman–Crippen LogP) is 4.95. The molecule has 34 heavy (non-hydrogen) atoms. The van der Waals surface area contributed by atoms with Crippen LogP contribution in [0.25, 0.3) is 10.9 Å². The summed E-state index contributed by atoms with van der Waals surface area (Å²) < 4.78 is 41.4. The van der Waals surface area contributed by atoms with Gasteiger partial charge in [-0.1, -0.05) is 6.92 Å². The minimum absolute atomic E-state index is 0.0815. The van der Waals surface area contributed by atoms with E-state index in [4.69, 9.17) is 0 Å². The van der Waals surface area contributed by atoms with E-state index in [0.717, 1.165) is 28.1 Å². The number of pyridine rings is 1. The maximum Gasteiger partial charge on any atom is 0.573 e. The Labute approximate surface area is 193 Å². The molecule has 0 radical (unpaired) electrons. The fourth-order valence-electron chi connectivity index (χ4n) is 4.60. The molecular weight excluding hydrogens is 449 g/mol. The van der Waals surface area contributed by atoms with Crippen LogP contribution in [0, 0.1) is 5.92 Å². The number of carbonyl (C=O) groups is 2. The third-order valence-electron chi connectivity index (χ3n) is 6.42. The van der Waals surface area contributed by atoms with Gasteiger partial charge >= 0.3 is 12.4 Å². The van der Waals surface area contributed by atoms with E-state index in [9.17, 15) is 22.8 Å². The number of urea groups is 1. The number of fused-ring (bicyclic) bond motifs is 1. The number of benzene rings is 2. The number of amides is 3. The number of ether oxygens (including phenoxy) is 1. The zero-order chi connectivity index (χ0) is 24.4. The van der Waals surface area contributed by atoms with Gasteiger partial charge in [0.25, 0.3) is 5.91 Å². The van der Waals surface area contributed by atoms with Gasteiger partial charge < -0.3 is 9.64 Å². The molecule has 7 nitrogen and oxygen atoms in total. The first-order valence-electron chi connectivity index (χ1n) is 10.6. The van der Waals surface area contributed by atoms with Gasteiger partial charge in [-0.3, -0.25) is 14.7 Å². The monoisotopic (exact) mass is 470 g/mol. The minimum atomic E-state index is -4.83. The first-order chi connectivity index (χ1) is 16.0. The third-order valence-corrected chi connectivity index (χ3v) is 6.42. The van der Waals surface area contributed by atoms with Crippen LogP contribution < -0.4 is 19.4 Å². The van der Waals surface area contributed by atoms with Gasteiger partial charge in [-0.15, -0.1) is 13.2 Å². The van der Waals surface area contributed by atoms with Crippen LogP contribution in [0.15, 0.2) is 54.7 Å². The highest BCUT2D eigenvalue weighted by Crippen LogP contribution is 2.56. The quantitative estimate of drug-likeness (QED) is 0.505. The highest BCUT2D eigenvalue weighted by atomic mass is 19.4. The molecule has 2 fully saturated rings. The number of carbonyl (C=O) groups excluding carboxylic acids is 2. The lowest BCUT2D eigenvalue weighted by Crippen LogP contribution is -2.39. The van der Waals surface area contributed by atoms with E-state index >= 15 is 0 Å². The van der Waals surface area contributed by atoms with Crippen LogP contribution in [0.2, 0.25) is 0 Å². The van der Waals surface area contributed by atoms with Crippen LogP contribution in [0.4, 0.5) is 35.0 Å². The summed E-state index contributed by atoms with van der Waals surface area (Å²) in [5.74, 6) is -0.914. The number of halogens is 3. The second-order valence-corrected chi connectivity index (χ2v) is 8.76. The van der Waals surface area contributed by atoms with Gasteiger partial charge in [0, 0.05) is 31.4 Å². The highest BCUT2D eigenvalue weighted by molar-refractivity contribution is 6.33. The Morgan fingerprint density at radius 3 is 2.35 bits per heavy atom. The van der Waals surface area contributed by atoms with E-state index in [-0.39, 0.29) is 11.6 Å². The van der Waals surface area contributed by atoms with Crippen molar-refractivity contribution in [2.24, 2.45) is 5.92 Å². The summed E-state index contributed by atoms with van der Waals surface area (Å²) in [5, 5.41) is 0.726. The van der Waals surface area contributed by atoms with Crippen molar-refractivity contribution in [1.29, 1.82) is 0 Å². The van der Waals surface area contributed by atoms with E-state index in [1.165, 1.54) is 17.0 Å². The number of hydrogen-bond acceptors (Lipinski definition) is 5. The molecule has 1 saturated carbocycles. The second-order valence-electron chi connectivity index (χ2n) is 8.76. The Kier molecular flexibility index (Phi) is 4.75. The number of rotatable bonds is 4. The maximum atomic E-state index is 13.7. The van der Waals surface area contributed by atoms with E-state index in [2.05, 4.69) is 9.72 Å². The fourth-order valence-corrected chi connectivity index (χ4v) is 4.60. The molecule has 5 rings (SSSR count). The Bertz CT molecular complexity index is 1310. The van der Waals surface area contributed by atoms with Gasteiger partial charge in [0.15, 0.2) is 0 Å². The van der Waals surface area contributed by atoms with Crippen molar-refractivity contribution in [2.75, 3.05) is 28.8 Å². The maximum absolute atomic E-state index is 13.7. The van der Waals surface area contributed by atoms with Crippen molar-refractivity contribution < 1.29 is 27.5 Å². The fraction of sp³-hybridized carbons (Fsp3) is 0.292. The van der Waals surface area contributed by atoms with Gasteiger partial charge in [0.05, 0.1) is 16.9 Å². The van der Waals surface area contributed by atoms with Crippen molar-refractivity contribution in [1.82, 2.24) is 4.98 Å².